The molecule has 1 aromatic rings. The summed E-state index contributed by atoms with van der Waals surface area (Å²) in [5.74, 6) is 0.180. The average molecular weight is 333 g/mol. The van der Waals surface area contributed by atoms with E-state index in [0.717, 1.165) is 31.2 Å². The number of carbonyl (C=O) groups is 1. The van der Waals surface area contributed by atoms with E-state index in [4.69, 9.17) is 34.8 Å². The SMILES string of the molecule is O=C(Cc1ccc(Cl)c(Cl)c1)N1C2CCC1CC(Cl)C2. The van der Waals surface area contributed by atoms with Gasteiger partial charge in [-0.05, 0) is 43.4 Å². The van der Waals surface area contributed by atoms with E-state index in [1.165, 1.54) is 0 Å². The molecule has 108 valence electrons. The first-order chi connectivity index (χ1) is 9.54. The van der Waals surface area contributed by atoms with E-state index in [1.54, 1.807) is 12.1 Å². The fourth-order valence-electron chi connectivity index (χ4n) is 3.43. The van der Waals surface area contributed by atoms with Crippen molar-refractivity contribution in [1.29, 1.82) is 0 Å². The molecule has 0 spiro atoms. The molecule has 2 unspecified atom stereocenters. The van der Waals surface area contributed by atoms with Crippen molar-refractivity contribution < 1.29 is 4.79 Å². The zero-order valence-corrected chi connectivity index (χ0v) is 13.3. The van der Waals surface area contributed by atoms with Crippen LogP contribution in [0.3, 0.4) is 0 Å². The maximum atomic E-state index is 12.5. The average Bonchev–Trinajstić information content (AvgIpc) is 2.66. The lowest BCUT2D eigenvalue weighted by Crippen LogP contribution is -2.47. The largest absolute Gasteiger partial charge is 0.336 e. The summed E-state index contributed by atoms with van der Waals surface area (Å²) in [6.45, 7) is 0. The van der Waals surface area contributed by atoms with E-state index in [0.29, 0.717) is 28.5 Å². The molecule has 1 aromatic carbocycles. The number of piperidine rings is 1. The van der Waals surface area contributed by atoms with Crippen LogP contribution in [0.4, 0.5) is 0 Å². The highest BCUT2D eigenvalue weighted by molar-refractivity contribution is 6.42. The fourth-order valence-corrected chi connectivity index (χ4v) is 4.17. The summed E-state index contributed by atoms with van der Waals surface area (Å²) < 4.78 is 0. The number of halogens is 3. The summed E-state index contributed by atoms with van der Waals surface area (Å²) in [4.78, 5) is 14.6. The molecule has 2 atom stereocenters. The predicted molar refractivity (Wildman–Crippen MR) is 82.7 cm³/mol. The lowest BCUT2D eigenvalue weighted by molar-refractivity contribution is -0.134. The second kappa shape index (κ2) is 5.75. The molecule has 0 aromatic heterocycles. The smallest absolute Gasteiger partial charge is 0.227 e. The zero-order valence-electron chi connectivity index (χ0n) is 11.0. The number of hydrogen-bond donors (Lipinski definition) is 0. The van der Waals surface area contributed by atoms with Gasteiger partial charge in [0.05, 0.1) is 16.5 Å². The van der Waals surface area contributed by atoms with Crippen LogP contribution in [0.1, 0.15) is 31.2 Å². The molecular formula is C15H16Cl3NO. The van der Waals surface area contributed by atoms with E-state index < -0.39 is 0 Å². The van der Waals surface area contributed by atoms with Crippen molar-refractivity contribution in [3.63, 3.8) is 0 Å². The van der Waals surface area contributed by atoms with Gasteiger partial charge in [-0.2, -0.15) is 0 Å². The van der Waals surface area contributed by atoms with Gasteiger partial charge >= 0.3 is 0 Å². The number of fused-ring (bicyclic) bond motifs is 2. The van der Waals surface area contributed by atoms with Gasteiger partial charge in [-0.15, -0.1) is 11.6 Å². The van der Waals surface area contributed by atoms with Crippen molar-refractivity contribution in [2.45, 2.75) is 49.6 Å². The molecule has 2 heterocycles. The molecular weight excluding hydrogens is 317 g/mol. The highest BCUT2D eigenvalue weighted by atomic mass is 35.5. The van der Waals surface area contributed by atoms with Crippen molar-refractivity contribution in [3.05, 3.63) is 33.8 Å². The van der Waals surface area contributed by atoms with Gasteiger partial charge in [0.2, 0.25) is 5.91 Å². The third-order valence-electron chi connectivity index (χ3n) is 4.30. The van der Waals surface area contributed by atoms with E-state index in [2.05, 4.69) is 4.90 Å². The van der Waals surface area contributed by atoms with Crippen LogP contribution in [-0.2, 0) is 11.2 Å². The van der Waals surface area contributed by atoms with Gasteiger partial charge in [0.15, 0.2) is 0 Å². The van der Waals surface area contributed by atoms with Gasteiger partial charge < -0.3 is 4.90 Å². The quantitative estimate of drug-likeness (QED) is 0.740. The maximum Gasteiger partial charge on any atom is 0.227 e. The van der Waals surface area contributed by atoms with Crippen molar-refractivity contribution >= 4 is 40.7 Å². The third-order valence-corrected chi connectivity index (χ3v) is 5.40. The Hall–Kier alpha value is -0.440. The van der Waals surface area contributed by atoms with Gasteiger partial charge in [0, 0.05) is 17.5 Å². The number of carbonyl (C=O) groups excluding carboxylic acids is 1. The number of hydrogen-bond acceptors (Lipinski definition) is 1. The van der Waals surface area contributed by atoms with Gasteiger partial charge in [-0.25, -0.2) is 0 Å². The van der Waals surface area contributed by atoms with Gasteiger partial charge in [0.25, 0.3) is 0 Å². The summed E-state index contributed by atoms with van der Waals surface area (Å²) in [7, 11) is 0. The first kappa shape index (κ1) is 14.5. The molecule has 2 aliphatic rings. The van der Waals surface area contributed by atoms with Crippen molar-refractivity contribution in [3.8, 4) is 0 Å². The molecule has 20 heavy (non-hydrogen) atoms. The van der Waals surface area contributed by atoms with Crippen molar-refractivity contribution in [1.82, 2.24) is 4.90 Å². The minimum atomic E-state index is 0.180. The van der Waals surface area contributed by atoms with Crippen LogP contribution < -0.4 is 0 Å². The van der Waals surface area contributed by atoms with Crippen LogP contribution in [0, 0.1) is 0 Å². The van der Waals surface area contributed by atoms with Crippen LogP contribution >= 0.6 is 34.8 Å². The number of alkyl halides is 1. The second-order valence-corrected chi connectivity index (χ2v) is 7.11. The zero-order chi connectivity index (χ0) is 14.3. The second-order valence-electron chi connectivity index (χ2n) is 5.68. The van der Waals surface area contributed by atoms with E-state index in [1.807, 2.05) is 6.07 Å². The Kier molecular flexibility index (Phi) is 4.16. The Morgan fingerprint density at radius 3 is 2.40 bits per heavy atom. The molecule has 2 saturated heterocycles. The van der Waals surface area contributed by atoms with Crippen molar-refractivity contribution in [2.75, 3.05) is 0 Å². The van der Waals surface area contributed by atoms with Crippen LogP contribution in [0.25, 0.3) is 0 Å². The molecule has 2 fully saturated rings. The number of nitrogens with zero attached hydrogens (tertiary/aromatic N) is 1. The van der Waals surface area contributed by atoms with E-state index in [-0.39, 0.29) is 11.3 Å². The standard InChI is InChI=1S/C15H16Cl3NO/c16-10-7-11-2-3-12(8-10)19(11)15(20)6-9-1-4-13(17)14(18)5-9/h1,4-5,10-12H,2-3,6-8H2. The minimum Gasteiger partial charge on any atom is -0.336 e. The minimum absolute atomic E-state index is 0.180. The van der Waals surface area contributed by atoms with E-state index >= 15 is 0 Å². The predicted octanol–water partition coefficient (Wildman–Crippen LogP) is 4.30. The number of amides is 1. The first-order valence-corrected chi connectivity index (χ1v) is 8.13. The summed E-state index contributed by atoms with van der Waals surface area (Å²) >= 11 is 18.1. The summed E-state index contributed by atoms with van der Waals surface area (Å²) in [6, 6.07) is 6.03. The molecule has 0 aliphatic carbocycles. The fraction of sp³-hybridized carbons (Fsp3) is 0.533. The molecule has 1 amide bonds. The van der Waals surface area contributed by atoms with Crippen LogP contribution in [0.2, 0.25) is 10.0 Å². The normalized spacial score (nSPS) is 28.8. The van der Waals surface area contributed by atoms with E-state index in [9.17, 15) is 4.79 Å². The monoisotopic (exact) mass is 331 g/mol. The Bertz CT molecular complexity index is 520. The molecule has 2 bridgehead atoms. The van der Waals surface area contributed by atoms with Crippen LogP contribution in [0.15, 0.2) is 18.2 Å². The molecule has 2 aliphatic heterocycles. The third kappa shape index (κ3) is 2.79. The number of rotatable bonds is 2. The molecule has 0 saturated carbocycles. The van der Waals surface area contributed by atoms with Crippen LogP contribution in [0.5, 0.6) is 0 Å². The van der Waals surface area contributed by atoms with Gasteiger partial charge in [-0.1, -0.05) is 29.3 Å². The Labute approximate surface area is 134 Å². The van der Waals surface area contributed by atoms with Crippen LogP contribution in [-0.4, -0.2) is 28.3 Å². The van der Waals surface area contributed by atoms with Gasteiger partial charge in [0.1, 0.15) is 0 Å². The molecule has 0 N–H and O–H groups in total. The molecule has 2 nitrogen and oxygen atoms in total. The highest BCUT2D eigenvalue weighted by Crippen LogP contribution is 2.38. The summed E-state index contributed by atoms with van der Waals surface area (Å²) in [6.07, 6.45) is 4.40. The molecule has 5 heteroatoms. The highest BCUT2D eigenvalue weighted by Gasteiger charge is 2.42. The Morgan fingerprint density at radius 2 is 1.80 bits per heavy atom. The first-order valence-electron chi connectivity index (χ1n) is 6.93. The summed E-state index contributed by atoms with van der Waals surface area (Å²) in [5, 5.41) is 1.24. The lowest BCUT2D eigenvalue weighted by Gasteiger charge is -2.37. The maximum absolute atomic E-state index is 12.5. The Morgan fingerprint density at radius 1 is 1.15 bits per heavy atom. The topological polar surface area (TPSA) is 20.3 Å². The van der Waals surface area contributed by atoms with Gasteiger partial charge in [-0.3, -0.25) is 4.79 Å². The molecule has 0 radical (unpaired) electrons. The van der Waals surface area contributed by atoms with Crippen molar-refractivity contribution in [2.24, 2.45) is 0 Å². The Balaban J connectivity index is 1.72. The lowest BCUT2D eigenvalue weighted by atomic mass is 10.0. The summed E-state index contributed by atoms with van der Waals surface area (Å²) in [5.41, 5.74) is 0.914. The number of benzene rings is 1. The molecule has 3 rings (SSSR count).